The molecule has 0 radical (unpaired) electrons. The van der Waals surface area contributed by atoms with Gasteiger partial charge in [0.2, 0.25) is 5.91 Å². The van der Waals surface area contributed by atoms with Crippen molar-refractivity contribution in [2.24, 2.45) is 0 Å². The zero-order valence-electron chi connectivity index (χ0n) is 17.7. The molecule has 0 aliphatic heterocycles. The second-order valence-electron chi connectivity index (χ2n) is 6.67. The van der Waals surface area contributed by atoms with Crippen molar-refractivity contribution in [2.45, 2.75) is 19.9 Å². The van der Waals surface area contributed by atoms with Crippen LogP contribution in [0.15, 0.2) is 42.6 Å². The standard InChI is InChI=1S/C22H25FN4O4/c1-4-31-19-8-6-16(12-17(19)23)18-13-27(26-25-18)14-22(28)24-10-9-15-5-7-20(29-2)21(11-15)30-3/h5-8,11-13H,4,9-10,14H2,1-3H3,(H,24,28). The number of hydrogen-bond donors (Lipinski definition) is 1. The summed E-state index contributed by atoms with van der Waals surface area (Å²) in [6, 6.07) is 10.2. The number of rotatable bonds is 10. The molecular formula is C22H25FN4O4. The van der Waals surface area contributed by atoms with Gasteiger partial charge in [-0.25, -0.2) is 9.07 Å². The van der Waals surface area contributed by atoms with E-state index in [-0.39, 0.29) is 18.2 Å². The van der Waals surface area contributed by atoms with Crippen LogP contribution in [-0.4, -0.2) is 48.3 Å². The van der Waals surface area contributed by atoms with Crippen molar-refractivity contribution in [1.29, 1.82) is 0 Å². The Balaban J connectivity index is 1.53. The molecule has 0 bridgehead atoms. The van der Waals surface area contributed by atoms with E-state index >= 15 is 0 Å². The molecule has 0 spiro atoms. The molecule has 0 atom stereocenters. The van der Waals surface area contributed by atoms with Gasteiger partial charge in [0.1, 0.15) is 12.2 Å². The van der Waals surface area contributed by atoms with Gasteiger partial charge in [0.25, 0.3) is 0 Å². The molecule has 0 saturated carbocycles. The van der Waals surface area contributed by atoms with Crippen LogP contribution in [0, 0.1) is 5.82 Å². The molecule has 0 aliphatic rings. The normalized spacial score (nSPS) is 10.6. The SMILES string of the molecule is CCOc1ccc(-c2cn(CC(=O)NCCc3ccc(OC)c(OC)c3)nn2)cc1F. The van der Waals surface area contributed by atoms with Crippen molar-refractivity contribution in [2.75, 3.05) is 27.4 Å². The summed E-state index contributed by atoms with van der Waals surface area (Å²) in [6.45, 7) is 2.64. The fourth-order valence-electron chi connectivity index (χ4n) is 3.03. The fraction of sp³-hybridized carbons (Fsp3) is 0.318. The number of ether oxygens (including phenoxy) is 3. The number of hydrogen-bond acceptors (Lipinski definition) is 6. The lowest BCUT2D eigenvalue weighted by Gasteiger charge is -2.10. The summed E-state index contributed by atoms with van der Waals surface area (Å²) >= 11 is 0. The maximum atomic E-state index is 14.1. The van der Waals surface area contributed by atoms with Crippen molar-refractivity contribution in [1.82, 2.24) is 20.3 Å². The molecular weight excluding hydrogens is 403 g/mol. The van der Waals surface area contributed by atoms with Gasteiger partial charge < -0.3 is 19.5 Å². The quantitative estimate of drug-likeness (QED) is 0.534. The lowest BCUT2D eigenvalue weighted by atomic mass is 10.1. The third kappa shape index (κ3) is 5.71. The van der Waals surface area contributed by atoms with Gasteiger partial charge in [-0.1, -0.05) is 11.3 Å². The van der Waals surface area contributed by atoms with Crippen LogP contribution in [0.3, 0.4) is 0 Å². The highest BCUT2D eigenvalue weighted by Crippen LogP contribution is 2.27. The van der Waals surface area contributed by atoms with Gasteiger partial charge in [-0.15, -0.1) is 5.10 Å². The second kappa shape index (κ2) is 10.4. The lowest BCUT2D eigenvalue weighted by Crippen LogP contribution is -2.29. The van der Waals surface area contributed by atoms with Crippen LogP contribution in [0.2, 0.25) is 0 Å². The Bertz CT molecular complexity index is 1040. The molecule has 1 heterocycles. The average molecular weight is 428 g/mol. The zero-order chi connectivity index (χ0) is 22.2. The maximum Gasteiger partial charge on any atom is 0.241 e. The molecule has 0 saturated heterocycles. The molecule has 3 rings (SSSR count). The first-order valence-electron chi connectivity index (χ1n) is 9.84. The molecule has 9 heteroatoms. The number of carbonyl (C=O) groups excluding carboxylic acids is 1. The number of nitrogens with one attached hydrogen (secondary N) is 1. The molecule has 1 N–H and O–H groups in total. The Labute approximate surface area is 179 Å². The summed E-state index contributed by atoms with van der Waals surface area (Å²) in [5, 5.41) is 10.8. The zero-order valence-corrected chi connectivity index (χ0v) is 17.7. The Morgan fingerprint density at radius 3 is 2.58 bits per heavy atom. The number of methoxy groups -OCH3 is 2. The van der Waals surface area contributed by atoms with Crippen LogP contribution < -0.4 is 19.5 Å². The minimum Gasteiger partial charge on any atom is -0.493 e. The summed E-state index contributed by atoms with van der Waals surface area (Å²) in [5.74, 6) is 0.820. The largest absolute Gasteiger partial charge is 0.493 e. The predicted molar refractivity (Wildman–Crippen MR) is 113 cm³/mol. The Morgan fingerprint density at radius 1 is 1.10 bits per heavy atom. The van der Waals surface area contributed by atoms with E-state index in [1.54, 1.807) is 39.5 Å². The van der Waals surface area contributed by atoms with Gasteiger partial charge in [0, 0.05) is 12.1 Å². The summed E-state index contributed by atoms with van der Waals surface area (Å²) < 4.78 is 31.2. The third-order valence-electron chi connectivity index (χ3n) is 4.56. The number of amides is 1. The van der Waals surface area contributed by atoms with Crippen LogP contribution >= 0.6 is 0 Å². The lowest BCUT2D eigenvalue weighted by molar-refractivity contribution is -0.121. The average Bonchev–Trinajstić information content (AvgIpc) is 3.23. The molecule has 3 aromatic rings. The molecule has 8 nitrogen and oxygen atoms in total. The van der Waals surface area contributed by atoms with Crippen LogP contribution in [0.25, 0.3) is 11.3 Å². The summed E-state index contributed by atoms with van der Waals surface area (Å²) in [6.07, 6.45) is 2.24. The van der Waals surface area contributed by atoms with E-state index < -0.39 is 5.82 Å². The smallest absolute Gasteiger partial charge is 0.241 e. The molecule has 0 aliphatic carbocycles. The van der Waals surface area contributed by atoms with Gasteiger partial charge in [0.05, 0.1) is 27.0 Å². The highest BCUT2D eigenvalue weighted by atomic mass is 19.1. The first kappa shape index (κ1) is 22.1. The van der Waals surface area contributed by atoms with Crippen LogP contribution in [-0.2, 0) is 17.8 Å². The Morgan fingerprint density at radius 2 is 1.87 bits per heavy atom. The van der Waals surface area contributed by atoms with Gasteiger partial charge in [0.15, 0.2) is 23.1 Å². The highest BCUT2D eigenvalue weighted by molar-refractivity contribution is 5.75. The number of halogens is 1. The highest BCUT2D eigenvalue weighted by Gasteiger charge is 2.11. The Hall–Kier alpha value is -3.62. The molecule has 1 amide bonds. The molecule has 164 valence electrons. The fourth-order valence-corrected chi connectivity index (χ4v) is 3.03. The molecule has 1 aromatic heterocycles. The summed E-state index contributed by atoms with van der Waals surface area (Å²) in [7, 11) is 3.16. The van der Waals surface area contributed by atoms with Crippen molar-refractivity contribution in [3.8, 4) is 28.5 Å². The monoisotopic (exact) mass is 428 g/mol. The topological polar surface area (TPSA) is 87.5 Å². The molecule has 0 unspecified atom stereocenters. The minimum atomic E-state index is -0.471. The first-order valence-corrected chi connectivity index (χ1v) is 9.84. The van der Waals surface area contributed by atoms with Crippen LogP contribution in [0.5, 0.6) is 17.2 Å². The molecule has 0 fully saturated rings. The minimum absolute atomic E-state index is 0.0123. The van der Waals surface area contributed by atoms with Crippen LogP contribution in [0.4, 0.5) is 4.39 Å². The van der Waals surface area contributed by atoms with Gasteiger partial charge in [-0.05, 0) is 49.2 Å². The number of benzene rings is 2. The summed E-state index contributed by atoms with van der Waals surface area (Å²) in [5.41, 5.74) is 2.04. The van der Waals surface area contributed by atoms with Crippen molar-refractivity contribution in [3.05, 3.63) is 54.0 Å². The first-order chi connectivity index (χ1) is 15.0. The van der Waals surface area contributed by atoms with E-state index in [4.69, 9.17) is 14.2 Å². The van der Waals surface area contributed by atoms with E-state index in [1.165, 1.54) is 10.7 Å². The second-order valence-corrected chi connectivity index (χ2v) is 6.67. The van der Waals surface area contributed by atoms with E-state index in [0.717, 1.165) is 5.56 Å². The van der Waals surface area contributed by atoms with E-state index in [2.05, 4.69) is 15.6 Å². The maximum absolute atomic E-state index is 14.1. The van der Waals surface area contributed by atoms with Gasteiger partial charge in [-0.2, -0.15) is 0 Å². The number of carbonyl (C=O) groups is 1. The third-order valence-corrected chi connectivity index (χ3v) is 4.56. The van der Waals surface area contributed by atoms with Gasteiger partial charge in [-0.3, -0.25) is 4.79 Å². The van der Waals surface area contributed by atoms with Crippen molar-refractivity contribution < 1.29 is 23.4 Å². The Kier molecular flexibility index (Phi) is 7.42. The van der Waals surface area contributed by atoms with Gasteiger partial charge >= 0.3 is 0 Å². The van der Waals surface area contributed by atoms with Crippen molar-refractivity contribution >= 4 is 5.91 Å². The molecule has 2 aromatic carbocycles. The number of aromatic nitrogens is 3. The number of nitrogens with zero attached hydrogens (tertiary/aromatic N) is 3. The molecule has 31 heavy (non-hydrogen) atoms. The summed E-state index contributed by atoms with van der Waals surface area (Å²) in [4.78, 5) is 12.2. The van der Waals surface area contributed by atoms with Crippen molar-refractivity contribution in [3.63, 3.8) is 0 Å². The van der Waals surface area contributed by atoms with E-state index in [9.17, 15) is 9.18 Å². The van der Waals surface area contributed by atoms with E-state index in [0.29, 0.717) is 42.3 Å². The van der Waals surface area contributed by atoms with E-state index in [1.807, 2.05) is 18.2 Å². The predicted octanol–water partition coefficient (Wildman–Crippen LogP) is 2.86. The van der Waals surface area contributed by atoms with Crippen LogP contribution in [0.1, 0.15) is 12.5 Å².